The zero-order chi connectivity index (χ0) is 31.5. The Labute approximate surface area is 252 Å². The maximum absolute atomic E-state index is 13.0. The summed E-state index contributed by atoms with van der Waals surface area (Å²) >= 11 is 0. The van der Waals surface area contributed by atoms with Crippen LogP contribution in [0.5, 0.6) is 0 Å². The SMILES string of the molecule is CCn1nc(C)cc1Nc1nc2cc(C(N)=O)ccc2n1CC1CCN(C(=O)CNc2ccc(C(N)=O)cc2[N+](=O)[O-])CC1. The lowest BCUT2D eigenvalue weighted by Crippen LogP contribution is -2.42. The third kappa shape index (κ3) is 6.30. The number of amides is 3. The number of aromatic nitrogens is 4. The molecular formula is C29H34N10O5. The van der Waals surface area contributed by atoms with E-state index in [0.717, 1.165) is 35.9 Å². The fourth-order valence-electron chi connectivity index (χ4n) is 5.46. The minimum Gasteiger partial charge on any atom is -0.371 e. The summed E-state index contributed by atoms with van der Waals surface area (Å²) in [5.41, 5.74) is 13.3. The van der Waals surface area contributed by atoms with Crippen molar-refractivity contribution in [2.45, 2.75) is 39.8 Å². The average molecular weight is 603 g/mol. The quantitative estimate of drug-likeness (QED) is 0.147. The van der Waals surface area contributed by atoms with Crippen LogP contribution in [0.2, 0.25) is 0 Å². The summed E-state index contributed by atoms with van der Waals surface area (Å²) in [7, 11) is 0. The van der Waals surface area contributed by atoms with Crippen molar-refractivity contribution in [2.75, 3.05) is 30.3 Å². The lowest BCUT2D eigenvalue weighted by atomic mass is 9.96. The minimum absolute atomic E-state index is 0.0130. The van der Waals surface area contributed by atoms with E-state index < -0.39 is 16.7 Å². The van der Waals surface area contributed by atoms with E-state index >= 15 is 0 Å². The maximum atomic E-state index is 13.0. The summed E-state index contributed by atoms with van der Waals surface area (Å²) in [6, 6.07) is 11.0. The molecule has 0 saturated carbocycles. The number of nitro benzene ring substituents is 1. The molecule has 2 aromatic carbocycles. The lowest BCUT2D eigenvalue weighted by Gasteiger charge is -2.32. The van der Waals surface area contributed by atoms with Crippen LogP contribution in [0.25, 0.3) is 11.0 Å². The van der Waals surface area contributed by atoms with Crippen LogP contribution in [0.15, 0.2) is 42.5 Å². The number of piperidine rings is 1. The molecule has 44 heavy (non-hydrogen) atoms. The van der Waals surface area contributed by atoms with E-state index in [4.69, 9.17) is 16.5 Å². The number of hydrogen-bond donors (Lipinski definition) is 4. The van der Waals surface area contributed by atoms with Gasteiger partial charge in [0.2, 0.25) is 23.7 Å². The number of nitrogens with zero attached hydrogens (tertiary/aromatic N) is 6. The zero-order valence-corrected chi connectivity index (χ0v) is 24.4. The van der Waals surface area contributed by atoms with Gasteiger partial charge in [-0.3, -0.25) is 24.5 Å². The summed E-state index contributed by atoms with van der Waals surface area (Å²) in [5.74, 6) is 0.162. The molecule has 1 aliphatic rings. The summed E-state index contributed by atoms with van der Waals surface area (Å²) in [4.78, 5) is 53.6. The number of primary amides is 2. The van der Waals surface area contributed by atoms with Gasteiger partial charge in [0.15, 0.2) is 0 Å². The van der Waals surface area contributed by atoms with Crippen LogP contribution in [-0.4, -0.2) is 66.5 Å². The van der Waals surface area contributed by atoms with Gasteiger partial charge < -0.3 is 31.6 Å². The Morgan fingerprint density at radius 3 is 2.39 bits per heavy atom. The van der Waals surface area contributed by atoms with Crippen LogP contribution < -0.4 is 22.1 Å². The number of nitro groups is 1. The fourth-order valence-corrected chi connectivity index (χ4v) is 5.46. The van der Waals surface area contributed by atoms with E-state index in [1.807, 2.05) is 30.7 Å². The van der Waals surface area contributed by atoms with Gasteiger partial charge >= 0.3 is 0 Å². The Hall–Kier alpha value is -5.47. The predicted octanol–water partition coefficient (Wildman–Crippen LogP) is 2.76. The van der Waals surface area contributed by atoms with E-state index in [0.29, 0.717) is 43.2 Å². The molecule has 0 atom stereocenters. The van der Waals surface area contributed by atoms with Crippen molar-refractivity contribution in [1.82, 2.24) is 24.2 Å². The third-order valence-electron chi connectivity index (χ3n) is 7.79. The molecule has 1 saturated heterocycles. The normalized spacial score (nSPS) is 13.6. The second-order valence-corrected chi connectivity index (χ2v) is 10.8. The Balaban J connectivity index is 1.27. The van der Waals surface area contributed by atoms with Crippen LogP contribution in [0.3, 0.4) is 0 Å². The van der Waals surface area contributed by atoms with Gasteiger partial charge in [0, 0.05) is 49.4 Å². The Bertz CT molecular complexity index is 1750. The van der Waals surface area contributed by atoms with Crippen molar-refractivity contribution in [3.8, 4) is 0 Å². The van der Waals surface area contributed by atoms with Crippen LogP contribution in [0.1, 0.15) is 46.2 Å². The first-order valence-corrected chi connectivity index (χ1v) is 14.3. The van der Waals surface area contributed by atoms with Crippen molar-refractivity contribution in [3.05, 3.63) is 69.4 Å². The summed E-state index contributed by atoms with van der Waals surface area (Å²) in [5, 5.41) is 22.2. The molecule has 3 heterocycles. The molecule has 5 rings (SSSR count). The van der Waals surface area contributed by atoms with E-state index in [-0.39, 0.29) is 35.3 Å². The van der Waals surface area contributed by atoms with Gasteiger partial charge in [-0.15, -0.1) is 0 Å². The van der Waals surface area contributed by atoms with Gasteiger partial charge in [-0.25, -0.2) is 9.67 Å². The van der Waals surface area contributed by atoms with Crippen molar-refractivity contribution in [2.24, 2.45) is 17.4 Å². The minimum atomic E-state index is -0.775. The molecule has 3 amide bonds. The van der Waals surface area contributed by atoms with Crippen LogP contribution in [0.4, 0.5) is 23.1 Å². The molecule has 15 heteroatoms. The van der Waals surface area contributed by atoms with E-state index in [2.05, 4.69) is 20.3 Å². The third-order valence-corrected chi connectivity index (χ3v) is 7.79. The van der Waals surface area contributed by atoms with Gasteiger partial charge in [0.25, 0.3) is 5.69 Å². The molecule has 4 aromatic rings. The number of nitrogens with one attached hydrogen (secondary N) is 2. The molecular weight excluding hydrogens is 568 g/mol. The molecule has 2 aromatic heterocycles. The monoisotopic (exact) mass is 602 g/mol. The molecule has 1 aliphatic heterocycles. The standard InChI is InChI=1S/C29H34N10O5/c1-3-38-25(12-17(2)35-38)34-29-33-22-13-19(27(30)41)5-7-23(22)37(29)16-18-8-10-36(11-9-18)26(40)15-32-21-6-4-20(28(31)42)14-24(21)39(43)44/h4-7,12-14,18,32H,3,8-11,15-16H2,1-2H3,(H2,30,41)(H2,31,42)(H,33,34). The van der Waals surface area contributed by atoms with Crippen molar-refractivity contribution in [1.29, 1.82) is 0 Å². The topological polar surface area (TPSA) is 209 Å². The molecule has 230 valence electrons. The summed E-state index contributed by atoms with van der Waals surface area (Å²) in [6.07, 6.45) is 1.48. The van der Waals surface area contributed by atoms with Crippen molar-refractivity contribution < 1.29 is 19.3 Å². The second kappa shape index (κ2) is 12.4. The molecule has 6 N–H and O–H groups in total. The number of benzene rings is 2. The number of fused-ring (bicyclic) bond motifs is 1. The summed E-state index contributed by atoms with van der Waals surface area (Å²) < 4.78 is 3.94. The first kappa shape index (κ1) is 30.0. The second-order valence-electron chi connectivity index (χ2n) is 10.8. The number of hydrogen-bond acceptors (Lipinski definition) is 9. The molecule has 0 unspecified atom stereocenters. The Morgan fingerprint density at radius 1 is 1.05 bits per heavy atom. The number of imidazole rings is 1. The number of likely N-dealkylation sites (tertiary alicyclic amines) is 1. The molecule has 0 radical (unpaired) electrons. The molecule has 1 fully saturated rings. The number of rotatable bonds is 11. The predicted molar refractivity (Wildman–Crippen MR) is 164 cm³/mol. The molecule has 15 nitrogen and oxygen atoms in total. The van der Waals surface area contributed by atoms with Crippen molar-refractivity contribution >= 4 is 51.9 Å². The van der Waals surface area contributed by atoms with E-state index in [9.17, 15) is 24.5 Å². The highest BCUT2D eigenvalue weighted by Gasteiger charge is 2.26. The van der Waals surface area contributed by atoms with Gasteiger partial charge in [-0.05, 0) is 62.9 Å². The van der Waals surface area contributed by atoms with Gasteiger partial charge in [0.1, 0.15) is 11.5 Å². The first-order chi connectivity index (χ1) is 21.0. The highest BCUT2D eigenvalue weighted by Crippen LogP contribution is 2.29. The molecule has 0 aliphatic carbocycles. The first-order valence-electron chi connectivity index (χ1n) is 14.3. The lowest BCUT2D eigenvalue weighted by molar-refractivity contribution is -0.384. The number of aryl methyl sites for hydroxylation is 2. The van der Waals surface area contributed by atoms with E-state index in [1.165, 1.54) is 12.1 Å². The van der Waals surface area contributed by atoms with Gasteiger partial charge in [-0.1, -0.05) is 0 Å². The zero-order valence-electron chi connectivity index (χ0n) is 24.4. The van der Waals surface area contributed by atoms with Crippen LogP contribution >= 0.6 is 0 Å². The number of carbonyl (C=O) groups is 3. The smallest absolute Gasteiger partial charge is 0.293 e. The Kier molecular flexibility index (Phi) is 8.46. The molecule has 0 spiro atoms. The fraction of sp³-hybridized carbons (Fsp3) is 0.345. The Morgan fingerprint density at radius 2 is 1.73 bits per heavy atom. The summed E-state index contributed by atoms with van der Waals surface area (Å²) in [6.45, 7) is 6.15. The van der Waals surface area contributed by atoms with E-state index in [1.54, 1.807) is 17.0 Å². The van der Waals surface area contributed by atoms with Crippen LogP contribution in [-0.2, 0) is 17.9 Å². The van der Waals surface area contributed by atoms with Crippen LogP contribution in [0, 0.1) is 23.0 Å². The maximum Gasteiger partial charge on any atom is 0.293 e. The largest absolute Gasteiger partial charge is 0.371 e. The average Bonchev–Trinajstić information content (AvgIpc) is 3.53. The number of nitrogens with two attached hydrogens (primary N) is 2. The van der Waals surface area contributed by atoms with Gasteiger partial charge in [0.05, 0.1) is 28.2 Å². The number of anilines is 3. The molecule has 0 bridgehead atoms. The highest BCUT2D eigenvalue weighted by molar-refractivity contribution is 5.97. The van der Waals surface area contributed by atoms with Gasteiger partial charge in [-0.2, -0.15) is 5.10 Å². The number of carbonyl (C=O) groups excluding carboxylic acids is 3. The van der Waals surface area contributed by atoms with Crippen molar-refractivity contribution in [3.63, 3.8) is 0 Å². The highest BCUT2D eigenvalue weighted by atomic mass is 16.6.